The molecule has 2 aromatic rings. The molecule has 0 aliphatic carbocycles. The fourth-order valence-corrected chi connectivity index (χ4v) is 2.23. The van der Waals surface area contributed by atoms with E-state index in [4.69, 9.17) is 4.74 Å². The summed E-state index contributed by atoms with van der Waals surface area (Å²) in [5.41, 5.74) is 1.06. The Labute approximate surface area is 133 Å². The lowest BCUT2D eigenvalue weighted by Gasteiger charge is -2.17. The minimum absolute atomic E-state index is 0.0949. The number of hydrogen-bond donors (Lipinski definition) is 2. The van der Waals surface area contributed by atoms with E-state index in [0.29, 0.717) is 5.75 Å². The zero-order chi connectivity index (χ0) is 16.8. The van der Waals surface area contributed by atoms with Crippen LogP contribution in [0.2, 0.25) is 0 Å². The molecule has 0 spiro atoms. The lowest BCUT2D eigenvalue weighted by molar-refractivity contribution is -0.120. The number of carbonyl (C=O) groups is 1. The molecule has 0 bridgehead atoms. The van der Waals surface area contributed by atoms with Crippen LogP contribution in [0.15, 0.2) is 42.5 Å². The van der Waals surface area contributed by atoms with E-state index in [2.05, 4.69) is 10.6 Å². The van der Waals surface area contributed by atoms with Crippen molar-refractivity contribution >= 4 is 11.6 Å². The minimum atomic E-state index is -0.699. The molecule has 2 rings (SSSR count). The van der Waals surface area contributed by atoms with Gasteiger partial charge in [0, 0.05) is 17.3 Å². The standard InChI is InChI=1S/C17H18F2N2O2/c1-11(15-5-3-4-6-16(15)23-2)21-17(22)10-20-14-8-12(18)7-13(19)9-14/h3-9,11,20H,10H2,1-2H3,(H,21,22)/t11-/m1/s1. The first-order chi connectivity index (χ1) is 11.0. The van der Waals surface area contributed by atoms with Crippen molar-refractivity contribution < 1.29 is 18.3 Å². The summed E-state index contributed by atoms with van der Waals surface area (Å²) in [6.45, 7) is 1.74. The predicted molar refractivity (Wildman–Crippen MR) is 84.4 cm³/mol. The number of hydrogen-bond acceptors (Lipinski definition) is 3. The van der Waals surface area contributed by atoms with Crippen LogP contribution in [0.3, 0.4) is 0 Å². The van der Waals surface area contributed by atoms with Crippen molar-refractivity contribution in [1.29, 1.82) is 0 Å². The normalized spacial score (nSPS) is 11.7. The molecule has 23 heavy (non-hydrogen) atoms. The van der Waals surface area contributed by atoms with Gasteiger partial charge in [0.25, 0.3) is 0 Å². The molecule has 1 amide bonds. The van der Waals surface area contributed by atoms with Crippen molar-refractivity contribution in [1.82, 2.24) is 5.32 Å². The molecule has 2 N–H and O–H groups in total. The molecule has 0 saturated carbocycles. The average Bonchev–Trinajstić information content (AvgIpc) is 2.52. The number of ether oxygens (including phenoxy) is 1. The number of para-hydroxylation sites is 1. The molecule has 6 heteroatoms. The van der Waals surface area contributed by atoms with Crippen molar-refractivity contribution in [2.24, 2.45) is 0 Å². The first-order valence-electron chi connectivity index (χ1n) is 7.12. The van der Waals surface area contributed by atoms with Crippen LogP contribution >= 0.6 is 0 Å². The molecule has 4 nitrogen and oxygen atoms in total. The first kappa shape index (κ1) is 16.7. The quantitative estimate of drug-likeness (QED) is 0.859. The van der Waals surface area contributed by atoms with Gasteiger partial charge < -0.3 is 15.4 Å². The summed E-state index contributed by atoms with van der Waals surface area (Å²) in [5, 5.41) is 5.49. The highest BCUT2D eigenvalue weighted by molar-refractivity contribution is 5.81. The van der Waals surface area contributed by atoms with Gasteiger partial charge in [-0.3, -0.25) is 4.79 Å². The number of benzene rings is 2. The van der Waals surface area contributed by atoms with Gasteiger partial charge in [-0.15, -0.1) is 0 Å². The first-order valence-corrected chi connectivity index (χ1v) is 7.12. The third kappa shape index (κ3) is 4.67. The fourth-order valence-electron chi connectivity index (χ4n) is 2.23. The zero-order valence-electron chi connectivity index (χ0n) is 12.9. The summed E-state index contributed by atoms with van der Waals surface area (Å²) in [5.74, 6) is -1.01. The van der Waals surface area contributed by atoms with Crippen LogP contribution in [0.5, 0.6) is 5.75 Å². The highest BCUT2D eigenvalue weighted by atomic mass is 19.1. The topological polar surface area (TPSA) is 50.4 Å². The van der Waals surface area contributed by atoms with E-state index in [1.54, 1.807) is 7.11 Å². The molecule has 0 fully saturated rings. The molecule has 122 valence electrons. The van der Waals surface area contributed by atoms with Gasteiger partial charge in [0.1, 0.15) is 17.4 Å². The van der Waals surface area contributed by atoms with Crippen molar-refractivity contribution in [2.45, 2.75) is 13.0 Å². The molecule has 2 aromatic carbocycles. The summed E-state index contributed by atoms with van der Waals surface area (Å²) in [6, 6.07) is 10.1. The minimum Gasteiger partial charge on any atom is -0.496 e. The highest BCUT2D eigenvalue weighted by Gasteiger charge is 2.13. The Kier molecular flexibility index (Phi) is 5.51. The number of methoxy groups -OCH3 is 1. The van der Waals surface area contributed by atoms with Gasteiger partial charge in [-0.2, -0.15) is 0 Å². The second-order valence-electron chi connectivity index (χ2n) is 5.04. The summed E-state index contributed by atoms with van der Waals surface area (Å²) in [6.07, 6.45) is 0. The Balaban J connectivity index is 1.94. The van der Waals surface area contributed by atoms with Crippen LogP contribution < -0.4 is 15.4 Å². The molecule has 0 radical (unpaired) electrons. The van der Waals surface area contributed by atoms with Crippen LogP contribution in [0.1, 0.15) is 18.5 Å². The second kappa shape index (κ2) is 7.58. The Morgan fingerprint density at radius 3 is 2.48 bits per heavy atom. The highest BCUT2D eigenvalue weighted by Crippen LogP contribution is 2.24. The van der Waals surface area contributed by atoms with Gasteiger partial charge in [0.05, 0.1) is 19.7 Å². The maximum Gasteiger partial charge on any atom is 0.239 e. The molecule has 0 aromatic heterocycles. The van der Waals surface area contributed by atoms with E-state index in [-0.39, 0.29) is 24.2 Å². The maximum absolute atomic E-state index is 13.1. The average molecular weight is 320 g/mol. The summed E-state index contributed by atoms with van der Waals surface area (Å²) in [7, 11) is 1.56. The van der Waals surface area contributed by atoms with Crippen molar-refractivity contribution in [3.05, 3.63) is 59.7 Å². The van der Waals surface area contributed by atoms with Gasteiger partial charge >= 0.3 is 0 Å². The van der Waals surface area contributed by atoms with E-state index in [0.717, 1.165) is 23.8 Å². The Bertz CT molecular complexity index is 672. The second-order valence-corrected chi connectivity index (χ2v) is 5.04. The van der Waals surface area contributed by atoms with E-state index < -0.39 is 11.6 Å². The summed E-state index contributed by atoms with van der Waals surface area (Å²) < 4.78 is 31.4. The lowest BCUT2D eigenvalue weighted by atomic mass is 10.1. The monoisotopic (exact) mass is 320 g/mol. The lowest BCUT2D eigenvalue weighted by Crippen LogP contribution is -2.32. The van der Waals surface area contributed by atoms with Gasteiger partial charge in [0.2, 0.25) is 5.91 Å². The molecular weight excluding hydrogens is 302 g/mol. The molecule has 0 aliphatic heterocycles. The van der Waals surface area contributed by atoms with Crippen LogP contribution in [-0.4, -0.2) is 19.6 Å². The van der Waals surface area contributed by atoms with Gasteiger partial charge in [-0.25, -0.2) is 8.78 Å². The largest absolute Gasteiger partial charge is 0.496 e. The Morgan fingerprint density at radius 2 is 1.83 bits per heavy atom. The van der Waals surface area contributed by atoms with Crippen molar-refractivity contribution in [3.8, 4) is 5.75 Å². The summed E-state index contributed by atoms with van der Waals surface area (Å²) >= 11 is 0. The summed E-state index contributed by atoms with van der Waals surface area (Å²) in [4.78, 5) is 12.0. The molecule has 0 aliphatic rings. The van der Waals surface area contributed by atoms with Crippen molar-refractivity contribution in [2.75, 3.05) is 19.0 Å². The number of anilines is 1. The van der Waals surface area contributed by atoms with Crippen molar-refractivity contribution in [3.63, 3.8) is 0 Å². The predicted octanol–water partition coefficient (Wildman–Crippen LogP) is 3.26. The maximum atomic E-state index is 13.1. The van der Waals surface area contributed by atoms with E-state index in [9.17, 15) is 13.6 Å². The number of amides is 1. The fraction of sp³-hybridized carbons (Fsp3) is 0.235. The molecule has 0 unspecified atom stereocenters. The van der Waals surface area contributed by atoms with Crippen LogP contribution in [-0.2, 0) is 4.79 Å². The number of nitrogens with one attached hydrogen (secondary N) is 2. The smallest absolute Gasteiger partial charge is 0.239 e. The Hall–Kier alpha value is -2.63. The van der Waals surface area contributed by atoms with Gasteiger partial charge in [-0.1, -0.05) is 18.2 Å². The van der Waals surface area contributed by atoms with E-state index in [1.165, 1.54) is 0 Å². The van der Waals surface area contributed by atoms with Gasteiger partial charge in [0.15, 0.2) is 0 Å². The molecule has 0 heterocycles. The van der Waals surface area contributed by atoms with Gasteiger partial charge in [-0.05, 0) is 25.1 Å². The molecule has 1 atom stereocenters. The van der Waals surface area contributed by atoms with Crippen LogP contribution in [0.25, 0.3) is 0 Å². The van der Waals surface area contributed by atoms with Crippen LogP contribution in [0, 0.1) is 11.6 Å². The number of rotatable bonds is 6. The third-order valence-corrected chi connectivity index (χ3v) is 3.30. The third-order valence-electron chi connectivity index (χ3n) is 3.30. The Morgan fingerprint density at radius 1 is 1.17 bits per heavy atom. The molecular formula is C17H18F2N2O2. The molecule has 0 saturated heterocycles. The number of carbonyl (C=O) groups excluding carboxylic acids is 1. The number of halogens is 2. The van der Waals surface area contributed by atoms with E-state index in [1.807, 2.05) is 31.2 Å². The zero-order valence-corrected chi connectivity index (χ0v) is 12.9. The van der Waals surface area contributed by atoms with E-state index >= 15 is 0 Å². The SMILES string of the molecule is COc1ccccc1[C@@H](C)NC(=O)CNc1cc(F)cc(F)c1. The van der Waals surface area contributed by atoms with Crippen LogP contribution in [0.4, 0.5) is 14.5 Å².